The fourth-order valence-electron chi connectivity index (χ4n) is 1.33. The number of nitrogens with zero attached hydrogens (tertiary/aromatic N) is 2. The smallest absolute Gasteiger partial charge is 0.337 e. The molecule has 0 aliphatic rings. The first-order valence-electron chi connectivity index (χ1n) is 4.82. The topological polar surface area (TPSA) is 80.1 Å². The van der Waals surface area contributed by atoms with E-state index in [0.717, 1.165) is 0 Å². The van der Waals surface area contributed by atoms with Crippen LogP contribution in [-0.4, -0.2) is 26.8 Å². The molecule has 0 spiro atoms. The first-order chi connectivity index (χ1) is 8.18. The van der Waals surface area contributed by atoms with E-state index in [-0.39, 0.29) is 22.6 Å². The van der Waals surface area contributed by atoms with Crippen molar-refractivity contribution in [1.82, 2.24) is 9.97 Å². The fraction of sp³-hybridized carbons (Fsp3) is 0. The van der Waals surface area contributed by atoms with Gasteiger partial charge in [-0.15, -0.1) is 0 Å². The number of carbonyl (C=O) groups excluding carboxylic acids is 1. The third-order valence-electron chi connectivity index (χ3n) is 2.14. The summed E-state index contributed by atoms with van der Waals surface area (Å²) in [5.41, 5.74) is 0.451. The number of rotatable bonds is 3. The molecule has 1 N–H and O–H groups in total. The Hall–Kier alpha value is -2.56. The van der Waals surface area contributed by atoms with E-state index in [1.807, 2.05) is 0 Å². The molecule has 5 heteroatoms. The van der Waals surface area contributed by atoms with Crippen LogP contribution in [0.25, 0.3) is 0 Å². The lowest BCUT2D eigenvalue weighted by Gasteiger charge is -2.00. The summed E-state index contributed by atoms with van der Waals surface area (Å²) in [6, 6.07) is 6.24. The molecule has 0 radical (unpaired) electrons. The molecule has 0 bridgehead atoms. The van der Waals surface area contributed by atoms with Crippen LogP contribution >= 0.6 is 0 Å². The minimum Gasteiger partial charge on any atom is -0.478 e. The SMILES string of the molecule is O=C(O)c1cncc(C(=O)c2ccccn2)c1. The first-order valence-corrected chi connectivity index (χ1v) is 4.82. The molecule has 2 aromatic rings. The van der Waals surface area contributed by atoms with Gasteiger partial charge in [-0.2, -0.15) is 0 Å². The van der Waals surface area contributed by atoms with E-state index in [4.69, 9.17) is 5.11 Å². The molecule has 17 heavy (non-hydrogen) atoms. The van der Waals surface area contributed by atoms with Crippen molar-refractivity contribution in [2.75, 3.05) is 0 Å². The summed E-state index contributed by atoms with van der Waals surface area (Å²) in [7, 11) is 0. The fourth-order valence-corrected chi connectivity index (χ4v) is 1.33. The predicted octanol–water partition coefficient (Wildman–Crippen LogP) is 1.41. The van der Waals surface area contributed by atoms with E-state index >= 15 is 0 Å². The van der Waals surface area contributed by atoms with Gasteiger partial charge in [0.25, 0.3) is 0 Å². The van der Waals surface area contributed by atoms with Crippen LogP contribution in [0.2, 0.25) is 0 Å². The van der Waals surface area contributed by atoms with Crippen LogP contribution < -0.4 is 0 Å². The summed E-state index contributed by atoms with van der Waals surface area (Å²) in [5.74, 6) is -1.46. The summed E-state index contributed by atoms with van der Waals surface area (Å²) in [4.78, 5) is 30.3. The van der Waals surface area contributed by atoms with E-state index in [1.165, 1.54) is 24.7 Å². The van der Waals surface area contributed by atoms with Gasteiger partial charge in [0.2, 0.25) is 5.78 Å². The van der Waals surface area contributed by atoms with Crippen molar-refractivity contribution >= 4 is 11.8 Å². The maximum Gasteiger partial charge on any atom is 0.337 e. The highest BCUT2D eigenvalue weighted by atomic mass is 16.4. The summed E-state index contributed by atoms with van der Waals surface area (Å²) >= 11 is 0. The molecule has 5 nitrogen and oxygen atoms in total. The Balaban J connectivity index is 2.38. The van der Waals surface area contributed by atoms with Gasteiger partial charge in [0, 0.05) is 24.2 Å². The average Bonchev–Trinajstić information content (AvgIpc) is 2.39. The molecule has 0 fully saturated rings. The lowest BCUT2D eigenvalue weighted by molar-refractivity contribution is 0.0696. The van der Waals surface area contributed by atoms with E-state index in [0.29, 0.717) is 0 Å². The van der Waals surface area contributed by atoms with Crippen molar-refractivity contribution in [2.24, 2.45) is 0 Å². The molecule has 0 saturated heterocycles. The van der Waals surface area contributed by atoms with Crippen molar-refractivity contribution < 1.29 is 14.7 Å². The van der Waals surface area contributed by atoms with Crippen LogP contribution in [0, 0.1) is 0 Å². The number of aromatic nitrogens is 2. The third-order valence-corrected chi connectivity index (χ3v) is 2.14. The molecule has 0 aromatic carbocycles. The molecule has 2 rings (SSSR count). The lowest BCUT2D eigenvalue weighted by Crippen LogP contribution is -2.06. The lowest BCUT2D eigenvalue weighted by atomic mass is 10.1. The highest BCUT2D eigenvalue weighted by molar-refractivity contribution is 6.08. The predicted molar refractivity (Wildman–Crippen MR) is 58.9 cm³/mol. The van der Waals surface area contributed by atoms with Crippen LogP contribution in [0.3, 0.4) is 0 Å². The normalized spacial score (nSPS) is 9.88. The summed E-state index contributed by atoms with van der Waals surface area (Å²) < 4.78 is 0. The van der Waals surface area contributed by atoms with E-state index in [1.54, 1.807) is 18.2 Å². The number of carbonyl (C=O) groups is 2. The largest absolute Gasteiger partial charge is 0.478 e. The first kappa shape index (κ1) is 10.9. The minimum absolute atomic E-state index is 0.0215. The number of pyridine rings is 2. The molecule has 0 aliphatic heterocycles. The average molecular weight is 228 g/mol. The Kier molecular flexibility index (Phi) is 2.91. The van der Waals surface area contributed by atoms with Gasteiger partial charge in [0.05, 0.1) is 5.56 Å². The number of hydrogen-bond donors (Lipinski definition) is 1. The highest BCUT2D eigenvalue weighted by Gasteiger charge is 2.12. The van der Waals surface area contributed by atoms with Crippen molar-refractivity contribution in [2.45, 2.75) is 0 Å². The van der Waals surface area contributed by atoms with Crippen LogP contribution in [0.4, 0.5) is 0 Å². The Bertz CT molecular complexity index is 567. The zero-order valence-corrected chi connectivity index (χ0v) is 8.70. The highest BCUT2D eigenvalue weighted by Crippen LogP contribution is 2.08. The minimum atomic E-state index is -1.12. The zero-order valence-electron chi connectivity index (χ0n) is 8.70. The summed E-state index contributed by atoms with van der Waals surface area (Å²) in [6.07, 6.45) is 4.02. The van der Waals surface area contributed by atoms with E-state index < -0.39 is 5.97 Å². The van der Waals surface area contributed by atoms with Crippen molar-refractivity contribution in [1.29, 1.82) is 0 Å². The second-order valence-corrected chi connectivity index (χ2v) is 3.31. The van der Waals surface area contributed by atoms with E-state index in [9.17, 15) is 9.59 Å². The maximum absolute atomic E-state index is 11.9. The Morgan fingerprint density at radius 3 is 2.53 bits per heavy atom. The molecule has 0 unspecified atom stereocenters. The van der Waals surface area contributed by atoms with Crippen LogP contribution in [-0.2, 0) is 0 Å². The van der Waals surface area contributed by atoms with Gasteiger partial charge in [-0.05, 0) is 18.2 Å². The van der Waals surface area contributed by atoms with Gasteiger partial charge in [0.15, 0.2) is 0 Å². The monoisotopic (exact) mass is 228 g/mol. The molecule has 0 atom stereocenters. The Morgan fingerprint density at radius 1 is 1.12 bits per heavy atom. The molecule has 84 valence electrons. The van der Waals surface area contributed by atoms with Gasteiger partial charge in [0.1, 0.15) is 5.69 Å². The maximum atomic E-state index is 11.9. The van der Waals surface area contributed by atoms with Gasteiger partial charge >= 0.3 is 5.97 Å². The van der Waals surface area contributed by atoms with Crippen molar-refractivity contribution in [3.63, 3.8) is 0 Å². The number of hydrogen-bond acceptors (Lipinski definition) is 4. The molecular weight excluding hydrogens is 220 g/mol. The van der Waals surface area contributed by atoms with Gasteiger partial charge in [-0.3, -0.25) is 14.8 Å². The molecule has 0 saturated carbocycles. The number of carboxylic acids is 1. The van der Waals surface area contributed by atoms with E-state index in [2.05, 4.69) is 9.97 Å². The van der Waals surface area contributed by atoms with Gasteiger partial charge < -0.3 is 5.11 Å². The molecule has 0 aliphatic carbocycles. The second kappa shape index (κ2) is 4.52. The molecule has 0 amide bonds. The summed E-state index contributed by atoms with van der Waals surface area (Å²) in [6.45, 7) is 0. The molecular formula is C12H8N2O3. The summed E-state index contributed by atoms with van der Waals surface area (Å²) in [5, 5.41) is 8.79. The Labute approximate surface area is 96.8 Å². The van der Waals surface area contributed by atoms with Gasteiger partial charge in [-0.25, -0.2) is 4.79 Å². The van der Waals surface area contributed by atoms with Gasteiger partial charge in [-0.1, -0.05) is 6.07 Å². The number of ketones is 1. The molecule has 2 heterocycles. The zero-order chi connectivity index (χ0) is 12.3. The standard InChI is InChI=1S/C12H8N2O3/c15-11(10-3-1-2-4-14-10)8-5-9(12(16)17)7-13-6-8/h1-7H,(H,16,17). The third kappa shape index (κ3) is 2.34. The number of carboxylic acid groups (broad SMARTS) is 1. The van der Waals surface area contributed by atoms with Crippen molar-refractivity contribution in [3.8, 4) is 0 Å². The van der Waals surface area contributed by atoms with Crippen LogP contribution in [0.15, 0.2) is 42.9 Å². The van der Waals surface area contributed by atoms with Crippen LogP contribution in [0.1, 0.15) is 26.4 Å². The number of aromatic carboxylic acids is 1. The Morgan fingerprint density at radius 2 is 1.88 bits per heavy atom. The van der Waals surface area contributed by atoms with Crippen LogP contribution in [0.5, 0.6) is 0 Å². The second-order valence-electron chi connectivity index (χ2n) is 3.31. The quantitative estimate of drug-likeness (QED) is 0.803. The molecule has 2 aromatic heterocycles. The van der Waals surface area contributed by atoms with Crippen molar-refractivity contribution in [3.05, 3.63) is 59.7 Å².